The van der Waals surface area contributed by atoms with E-state index in [2.05, 4.69) is 6.07 Å². The van der Waals surface area contributed by atoms with E-state index in [0.717, 1.165) is 18.5 Å². The van der Waals surface area contributed by atoms with Crippen LogP contribution in [0, 0.1) is 0 Å². The van der Waals surface area contributed by atoms with Crippen molar-refractivity contribution in [2.75, 3.05) is 24.4 Å². The minimum atomic E-state index is -3.27. The third-order valence-electron chi connectivity index (χ3n) is 3.52. The normalized spacial score (nSPS) is 19.1. The Labute approximate surface area is 102 Å². The van der Waals surface area contributed by atoms with E-state index in [0.29, 0.717) is 13.1 Å². The molecule has 92 valence electrons. The fourth-order valence-corrected chi connectivity index (χ4v) is 3.60. The highest BCUT2D eigenvalue weighted by molar-refractivity contribution is 7.90. The zero-order valence-electron chi connectivity index (χ0n) is 9.89. The van der Waals surface area contributed by atoms with Gasteiger partial charge in [-0.15, -0.1) is 0 Å². The molecule has 0 N–H and O–H groups in total. The van der Waals surface area contributed by atoms with Gasteiger partial charge in [0, 0.05) is 20.1 Å². The van der Waals surface area contributed by atoms with Gasteiger partial charge in [-0.2, -0.15) is 12.7 Å². The standard InChI is InChI=1S/C12H16N2O2S/c1-13(17(15,16)14-7-8-14)12-6-5-10-3-2-4-11(10)9-12/h5-6,9H,2-4,7-8H2,1H3. The molecule has 0 bridgehead atoms. The lowest BCUT2D eigenvalue weighted by atomic mass is 10.1. The Morgan fingerprint density at radius 1 is 1.18 bits per heavy atom. The number of anilines is 1. The lowest BCUT2D eigenvalue weighted by Gasteiger charge is -2.20. The first-order chi connectivity index (χ1) is 8.09. The van der Waals surface area contributed by atoms with Crippen molar-refractivity contribution >= 4 is 15.9 Å². The van der Waals surface area contributed by atoms with Crippen LogP contribution in [0.25, 0.3) is 0 Å². The molecule has 0 amide bonds. The molecule has 0 atom stereocenters. The summed E-state index contributed by atoms with van der Waals surface area (Å²) in [7, 11) is -1.64. The van der Waals surface area contributed by atoms with Crippen LogP contribution in [0.5, 0.6) is 0 Å². The highest BCUT2D eigenvalue weighted by Gasteiger charge is 2.35. The second kappa shape index (κ2) is 3.71. The maximum absolute atomic E-state index is 12.0. The Kier molecular flexibility index (Phi) is 2.41. The van der Waals surface area contributed by atoms with Crippen molar-refractivity contribution in [3.63, 3.8) is 0 Å². The van der Waals surface area contributed by atoms with E-state index >= 15 is 0 Å². The summed E-state index contributed by atoms with van der Waals surface area (Å²) >= 11 is 0. The molecule has 0 unspecified atom stereocenters. The van der Waals surface area contributed by atoms with Gasteiger partial charge in [0.25, 0.3) is 0 Å². The maximum atomic E-state index is 12.0. The molecule has 0 saturated carbocycles. The number of hydrogen-bond donors (Lipinski definition) is 0. The molecule has 17 heavy (non-hydrogen) atoms. The van der Waals surface area contributed by atoms with Crippen LogP contribution in [0.2, 0.25) is 0 Å². The first kappa shape index (κ1) is 11.0. The van der Waals surface area contributed by atoms with Gasteiger partial charge in [0.05, 0.1) is 5.69 Å². The predicted octanol–water partition coefficient (Wildman–Crippen LogP) is 1.17. The molecule has 1 aromatic rings. The first-order valence-electron chi connectivity index (χ1n) is 5.95. The van der Waals surface area contributed by atoms with Crippen LogP contribution in [0.15, 0.2) is 18.2 Å². The lowest BCUT2D eigenvalue weighted by Crippen LogP contribution is -2.32. The molecule has 1 saturated heterocycles. The van der Waals surface area contributed by atoms with Crippen molar-refractivity contribution in [1.82, 2.24) is 4.31 Å². The SMILES string of the molecule is CN(c1ccc2c(c1)CCC2)S(=O)(=O)N1CC1. The Morgan fingerprint density at radius 2 is 1.88 bits per heavy atom. The summed E-state index contributed by atoms with van der Waals surface area (Å²) in [5, 5.41) is 0. The first-order valence-corrected chi connectivity index (χ1v) is 7.34. The molecule has 2 aliphatic rings. The second-order valence-corrected chi connectivity index (χ2v) is 6.64. The molecule has 0 spiro atoms. The van der Waals surface area contributed by atoms with E-state index < -0.39 is 10.2 Å². The monoisotopic (exact) mass is 252 g/mol. The fraction of sp³-hybridized carbons (Fsp3) is 0.500. The van der Waals surface area contributed by atoms with Gasteiger partial charge in [-0.1, -0.05) is 6.07 Å². The number of rotatable bonds is 3. The zero-order chi connectivity index (χ0) is 12.0. The molecule has 1 aliphatic carbocycles. The molecule has 5 heteroatoms. The van der Waals surface area contributed by atoms with E-state index in [1.165, 1.54) is 26.2 Å². The molecule has 1 heterocycles. The third kappa shape index (κ3) is 1.83. The molecule has 0 radical (unpaired) electrons. The topological polar surface area (TPSA) is 40.4 Å². The third-order valence-corrected chi connectivity index (χ3v) is 5.44. The van der Waals surface area contributed by atoms with Crippen LogP contribution >= 0.6 is 0 Å². The average Bonchev–Trinajstić information content (AvgIpc) is 3.07. The van der Waals surface area contributed by atoms with E-state index in [4.69, 9.17) is 0 Å². The maximum Gasteiger partial charge on any atom is 0.303 e. The second-order valence-electron chi connectivity index (χ2n) is 4.68. The Balaban J connectivity index is 1.94. The predicted molar refractivity (Wildman–Crippen MR) is 67.4 cm³/mol. The highest BCUT2D eigenvalue weighted by atomic mass is 32.2. The minimum absolute atomic E-state index is 0.650. The highest BCUT2D eigenvalue weighted by Crippen LogP contribution is 2.29. The van der Waals surface area contributed by atoms with E-state index in [1.54, 1.807) is 7.05 Å². The molecule has 3 rings (SSSR count). The summed E-state index contributed by atoms with van der Waals surface area (Å²) in [5.41, 5.74) is 3.44. The van der Waals surface area contributed by atoms with E-state index in [9.17, 15) is 8.42 Å². The van der Waals surface area contributed by atoms with Gasteiger partial charge in [0.2, 0.25) is 0 Å². The Hall–Kier alpha value is -1.07. The van der Waals surface area contributed by atoms with Crippen LogP contribution < -0.4 is 4.31 Å². The Morgan fingerprint density at radius 3 is 2.59 bits per heavy atom. The number of fused-ring (bicyclic) bond motifs is 1. The van der Waals surface area contributed by atoms with Gasteiger partial charge >= 0.3 is 10.2 Å². The van der Waals surface area contributed by atoms with Crippen molar-refractivity contribution in [2.45, 2.75) is 19.3 Å². The molecule has 0 aromatic heterocycles. The number of aryl methyl sites for hydroxylation is 2. The van der Waals surface area contributed by atoms with Gasteiger partial charge in [-0.3, -0.25) is 4.31 Å². The smallest absolute Gasteiger partial charge is 0.261 e. The number of hydrogen-bond acceptors (Lipinski definition) is 2. The molecule has 1 fully saturated rings. The van der Waals surface area contributed by atoms with Crippen LogP contribution in [-0.4, -0.2) is 32.9 Å². The van der Waals surface area contributed by atoms with Crippen molar-refractivity contribution in [1.29, 1.82) is 0 Å². The summed E-state index contributed by atoms with van der Waals surface area (Å²) < 4.78 is 27.0. The van der Waals surface area contributed by atoms with Gasteiger partial charge in [-0.25, -0.2) is 0 Å². The van der Waals surface area contributed by atoms with Gasteiger partial charge in [0.15, 0.2) is 0 Å². The van der Waals surface area contributed by atoms with Gasteiger partial charge in [-0.05, 0) is 42.5 Å². The minimum Gasteiger partial charge on any atom is -0.261 e. The lowest BCUT2D eigenvalue weighted by molar-refractivity contribution is 0.561. The quantitative estimate of drug-likeness (QED) is 0.758. The summed E-state index contributed by atoms with van der Waals surface area (Å²) in [6, 6.07) is 5.99. The molecular weight excluding hydrogens is 236 g/mol. The summed E-state index contributed by atoms with van der Waals surface area (Å²) in [6.07, 6.45) is 3.38. The van der Waals surface area contributed by atoms with Crippen molar-refractivity contribution < 1.29 is 8.42 Å². The van der Waals surface area contributed by atoms with Crippen molar-refractivity contribution in [2.24, 2.45) is 0 Å². The van der Waals surface area contributed by atoms with Crippen LogP contribution in [0.4, 0.5) is 5.69 Å². The van der Waals surface area contributed by atoms with Gasteiger partial charge < -0.3 is 0 Å². The van der Waals surface area contributed by atoms with Crippen molar-refractivity contribution in [3.05, 3.63) is 29.3 Å². The summed E-state index contributed by atoms with van der Waals surface area (Å²) in [6.45, 7) is 1.30. The zero-order valence-corrected chi connectivity index (χ0v) is 10.7. The Bertz CT molecular complexity index is 550. The molecule has 4 nitrogen and oxygen atoms in total. The van der Waals surface area contributed by atoms with E-state index in [1.807, 2.05) is 12.1 Å². The largest absolute Gasteiger partial charge is 0.303 e. The molecule has 1 aromatic carbocycles. The van der Waals surface area contributed by atoms with Crippen molar-refractivity contribution in [3.8, 4) is 0 Å². The average molecular weight is 252 g/mol. The summed E-state index contributed by atoms with van der Waals surface area (Å²) in [5.74, 6) is 0. The molecule has 1 aliphatic heterocycles. The van der Waals surface area contributed by atoms with Crippen LogP contribution in [0.1, 0.15) is 17.5 Å². The summed E-state index contributed by atoms with van der Waals surface area (Å²) in [4.78, 5) is 0. The van der Waals surface area contributed by atoms with Gasteiger partial charge in [0.1, 0.15) is 0 Å². The fourth-order valence-electron chi connectivity index (χ4n) is 2.33. The van der Waals surface area contributed by atoms with Crippen LogP contribution in [0.3, 0.4) is 0 Å². The van der Waals surface area contributed by atoms with E-state index in [-0.39, 0.29) is 0 Å². The molecular formula is C12H16N2O2S. The number of benzene rings is 1. The number of nitrogens with zero attached hydrogens (tertiary/aromatic N) is 2. The van der Waals surface area contributed by atoms with Crippen LogP contribution in [-0.2, 0) is 23.1 Å².